The highest BCUT2D eigenvalue weighted by atomic mass is 35.5. The van der Waals surface area contributed by atoms with Gasteiger partial charge in [0.15, 0.2) is 0 Å². The minimum atomic E-state index is -3.43. The molecule has 1 saturated heterocycles. The predicted molar refractivity (Wildman–Crippen MR) is 75.7 cm³/mol. The molecule has 0 radical (unpaired) electrons. The number of aromatic amines is 1. The molecule has 19 heavy (non-hydrogen) atoms. The maximum Gasteiger partial charge on any atom is 0.246 e. The molecule has 1 aliphatic rings. The van der Waals surface area contributed by atoms with Crippen LogP contribution in [0.2, 0.25) is 0 Å². The number of aromatic nitrogens is 2. The Kier molecular flexibility index (Phi) is 5.37. The van der Waals surface area contributed by atoms with Crippen LogP contribution >= 0.6 is 12.4 Å². The number of halogens is 1. The van der Waals surface area contributed by atoms with E-state index in [1.54, 1.807) is 6.92 Å². The number of H-pyrrole nitrogens is 1. The minimum absolute atomic E-state index is 0. The third-order valence-electron chi connectivity index (χ3n) is 3.57. The van der Waals surface area contributed by atoms with Crippen molar-refractivity contribution in [1.29, 1.82) is 0 Å². The number of piperidine rings is 1. The van der Waals surface area contributed by atoms with Crippen LogP contribution in [-0.4, -0.2) is 42.1 Å². The van der Waals surface area contributed by atoms with Gasteiger partial charge in [-0.05, 0) is 32.6 Å². The Bertz CT molecular complexity index is 515. The van der Waals surface area contributed by atoms with Gasteiger partial charge in [0.25, 0.3) is 0 Å². The summed E-state index contributed by atoms with van der Waals surface area (Å²) in [5.74, 6) is 0.237. The number of nitrogens with zero attached hydrogens (tertiary/aromatic N) is 2. The van der Waals surface area contributed by atoms with Gasteiger partial charge < -0.3 is 5.73 Å². The van der Waals surface area contributed by atoms with Crippen molar-refractivity contribution < 1.29 is 8.42 Å². The normalized spacial score (nSPS) is 22.8. The van der Waals surface area contributed by atoms with E-state index in [0.29, 0.717) is 18.8 Å². The average Bonchev–Trinajstić information content (AvgIpc) is 2.76. The molecular weight excluding hydrogens is 288 g/mol. The molecule has 0 aliphatic carbocycles. The van der Waals surface area contributed by atoms with E-state index < -0.39 is 10.0 Å². The van der Waals surface area contributed by atoms with E-state index in [1.165, 1.54) is 10.5 Å². The van der Waals surface area contributed by atoms with E-state index in [2.05, 4.69) is 10.2 Å². The summed E-state index contributed by atoms with van der Waals surface area (Å²) in [4.78, 5) is 0.271. The second kappa shape index (κ2) is 6.21. The van der Waals surface area contributed by atoms with Crippen LogP contribution in [0.1, 0.15) is 25.5 Å². The van der Waals surface area contributed by atoms with Crippen LogP contribution in [0.4, 0.5) is 0 Å². The van der Waals surface area contributed by atoms with Crippen molar-refractivity contribution in [2.75, 3.05) is 13.1 Å². The van der Waals surface area contributed by atoms with E-state index in [-0.39, 0.29) is 29.3 Å². The van der Waals surface area contributed by atoms with Gasteiger partial charge in [0.1, 0.15) is 4.90 Å². The summed E-state index contributed by atoms with van der Waals surface area (Å²) in [5.41, 5.74) is 6.46. The first kappa shape index (κ1) is 16.4. The first-order valence-electron chi connectivity index (χ1n) is 6.18. The summed E-state index contributed by atoms with van der Waals surface area (Å²) in [6.45, 7) is 4.72. The lowest BCUT2D eigenvalue weighted by molar-refractivity contribution is 0.243. The average molecular weight is 309 g/mol. The number of sulfonamides is 1. The summed E-state index contributed by atoms with van der Waals surface area (Å²) >= 11 is 0. The SMILES string of the molecule is Cc1[nH]ncc1S(=O)(=O)N1CCCC(C(C)N)C1.Cl. The third-order valence-corrected chi connectivity index (χ3v) is 5.54. The highest BCUT2D eigenvalue weighted by Gasteiger charge is 2.32. The standard InChI is InChI=1S/C11H20N4O2S.ClH/c1-8(12)10-4-3-5-15(7-10)18(16,17)11-6-13-14-9(11)2;/h6,8,10H,3-5,7,12H2,1-2H3,(H,13,14);1H. The smallest absolute Gasteiger partial charge is 0.246 e. The largest absolute Gasteiger partial charge is 0.328 e. The quantitative estimate of drug-likeness (QED) is 0.867. The summed E-state index contributed by atoms with van der Waals surface area (Å²) < 4.78 is 26.5. The zero-order valence-electron chi connectivity index (χ0n) is 11.2. The molecular formula is C11H21ClN4O2S. The first-order chi connectivity index (χ1) is 8.43. The first-order valence-corrected chi connectivity index (χ1v) is 7.62. The van der Waals surface area contributed by atoms with Gasteiger partial charge in [-0.15, -0.1) is 12.4 Å². The Morgan fingerprint density at radius 1 is 1.58 bits per heavy atom. The highest BCUT2D eigenvalue weighted by molar-refractivity contribution is 7.89. The zero-order chi connectivity index (χ0) is 13.3. The molecule has 0 spiro atoms. The molecule has 2 atom stereocenters. The van der Waals surface area contributed by atoms with Crippen LogP contribution in [0.5, 0.6) is 0 Å². The van der Waals surface area contributed by atoms with Crippen molar-refractivity contribution in [1.82, 2.24) is 14.5 Å². The van der Waals surface area contributed by atoms with Crippen LogP contribution in [0.3, 0.4) is 0 Å². The van der Waals surface area contributed by atoms with Crippen molar-refractivity contribution in [3.05, 3.63) is 11.9 Å². The molecule has 1 aromatic rings. The van der Waals surface area contributed by atoms with Gasteiger partial charge in [-0.2, -0.15) is 9.40 Å². The maximum absolute atomic E-state index is 12.5. The van der Waals surface area contributed by atoms with E-state index in [1.807, 2.05) is 6.92 Å². The molecule has 110 valence electrons. The second-order valence-corrected chi connectivity index (χ2v) is 6.89. The number of nitrogens with two attached hydrogens (primary N) is 1. The molecule has 3 N–H and O–H groups in total. The lowest BCUT2D eigenvalue weighted by Gasteiger charge is -2.33. The minimum Gasteiger partial charge on any atom is -0.328 e. The summed E-state index contributed by atoms with van der Waals surface area (Å²) in [6, 6.07) is 0.0217. The third kappa shape index (κ3) is 3.28. The Balaban J connectivity index is 0.00000180. The van der Waals surface area contributed by atoms with Crippen molar-refractivity contribution >= 4 is 22.4 Å². The number of aryl methyl sites for hydroxylation is 1. The Labute approximate surface area is 120 Å². The fourth-order valence-corrected chi connectivity index (χ4v) is 4.01. The van der Waals surface area contributed by atoms with Crippen molar-refractivity contribution in [2.45, 2.75) is 37.6 Å². The molecule has 1 aromatic heterocycles. The van der Waals surface area contributed by atoms with Gasteiger partial charge in [0.05, 0.1) is 11.9 Å². The van der Waals surface area contributed by atoms with E-state index in [0.717, 1.165) is 12.8 Å². The van der Waals surface area contributed by atoms with Crippen LogP contribution < -0.4 is 5.73 Å². The molecule has 6 nitrogen and oxygen atoms in total. The Morgan fingerprint density at radius 2 is 2.26 bits per heavy atom. The summed E-state index contributed by atoms with van der Waals surface area (Å²) in [7, 11) is -3.43. The van der Waals surface area contributed by atoms with Crippen molar-refractivity contribution in [3.63, 3.8) is 0 Å². The number of hydrogen-bond acceptors (Lipinski definition) is 4. The molecule has 0 bridgehead atoms. The van der Waals surface area contributed by atoms with Crippen LogP contribution in [0, 0.1) is 12.8 Å². The number of nitrogens with one attached hydrogen (secondary N) is 1. The van der Waals surface area contributed by atoms with Gasteiger partial charge in [0, 0.05) is 19.1 Å². The molecule has 2 unspecified atom stereocenters. The fourth-order valence-electron chi connectivity index (χ4n) is 2.36. The van der Waals surface area contributed by atoms with Gasteiger partial charge in [-0.3, -0.25) is 5.10 Å². The summed E-state index contributed by atoms with van der Waals surface area (Å²) in [6.07, 6.45) is 3.23. The van der Waals surface area contributed by atoms with Gasteiger partial charge in [0.2, 0.25) is 10.0 Å². The zero-order valence-corrected chi connectivity index (χ0v) is 12.8. The van der Waals surface area contributed by atoms with Gasteiger partial charge in [-0.25, -0.2) is 8.42 Å². The van der Waals surface area contributed by atoms with E-state index >= 15 is 0 Å². The molecule has 2 rings (SSSR count). The maximum atomic E-state index is 12.5. The Morgan fingerprint density at radius 3 is 2.79 bits per heavy atom. The van der Waals surface area contributed by atoms with E-state index in [4.69, 9.17) is 5.73 Å². The van der Waals surface area contributed by atoms with Crippen molar-refractivity contribution in [2.24, 2.45) is 11.7 Å². The number of rotatable bonds is 3. The van der Waals surface area contributed by atoms with Crippen LogP contribution in [-0.2, 0) is 10.0 Å². The van der Waals surface area contributed by atoms with Gasteiger partial charge in [-0.1, -0.05) is 0 Å². The highest BCUT2D eigenvalue weighted by Crippen LogP contribution is 2.25. The molecule has 0 saturated carbocycles. The molecule has 8 heteroatoms. The van der Waals surface area contributed by atoms with E-state index in [9.17, 15) is 8.42 Å². The molecule has 0 aromatic carbocycles. The lowest BCUT2D eigenvalue weighted by atomic mass is 9.93. The number of hydrogen-bond donors (Lipinski definition) is 2. The topological polar surface area (TPSA) is 92.1 Å². The van der Waals surface area contributed by atoms with Crippen LogP contribution in [0.15, 0.2) is 11.1 Å². The van der Waals surface area contributed by atoms with Crippen LogP contribution in [0.25, 0.3) is 0 Å². The lowest BCUT2D eigenvalue weighted by Crippen LogP contribution is -2.45. The molecule has 1 fully saturated rings. The fraction of sp³-hybridized carbons (Fsp3) is 0.727. The Hall–Kier alpha value is -0.630. The van der Waals surface area contributed by atoms with Crippen molar-refractivity contribution in [3.8, 4) is 0 Å². The predicted octanol–water partition coefficient (Wildman–Crippen LogP) is 0.888. The molecule has 1 aliphatic heterocycles. The van der Waals surface area contributed by atoms with Gasteiger partial charge >= 0.3 is 0 Å². The summed E-state index contributed by atoms with van der Waals surface area (Å²) in [5, 5.41) is 6.45. The molecule has 0 amide bonds. The molecule has 2 heterocycles. The second-order valence-electron chi connectivity index (χ2n) is 4.98. The monoisotopic (exact) mass is 308 g/mol.